The smallest absolute Gasteiger partial charge is 0.394 e. The van der Waals surface area contributed by atoms with Gasteiger partial charge in [-0.3, -0.25) is 9.98 Å². The van der Waals surface area contributed by atoms with Gasteiger partial charge in [0, 0.05) is 29.1 Å². The molecule has 2 aromatic rings. The molecule has 0 bridgehead atoms. The number of ether oxygens (including phenoxy) is 1. The van der Waals surface area contributed by atoms with Gasteiger partial charge in [-0.1, -0.05) is 23.4 Å². The molecular weight excluding hydrogens is 523 g/mol. The number of aliphatic hydroxyl groups is 3. The predicted molar refractivity (Wildman–Crippen MR) is 117 cm³/mol. The Morgan fingerprint density at radius 2 is 1.83 bits per heavy atom. The first-order valence-electron chi connectivity index (χ1n) is 9.73. The highest BCUT2D eigenvalue weighted by molar-refractivity contribution is 7.99. The summed E-state index contributed by atoms with van der Waals surface area (Å²) in [6, 6.07) is 0.953. The Morgan fingerprint density at radius 1 is 1.17 bits per heavy atom. The molecule has 1 saturated heterocycles. The van der Waals surface area contributed by atoms with Crippen LogP contribution < -0.4 is 5.84 Å². The van der Waals surface area contributed by atoms with Gasteiger partial charge in [-0.25, -0.2) is 8.78 Å². The van der Waals surface area contributed by atoms with E-state index in [1.54, 1.807) is 6.07 Å². The number of hydrogen-bond acceptors (Lipinski definition) is 9. The van der Waals surface area contributed by atoms with Gasteiger partial charge in [0.25, 0.3) is 0 Å². The second-order valence-corrected chi connectivity index (χ2v) is 8.87. The highest BCUT2D eigenvalue weighted by Gasteiger charge is 2.44. The van der Waals surface area contributed by atoms with Crippen LogP contribution in [-0.2, 0) is 10.9 Å². The van der Waals surface area contributed by atoms with Gasteiger partial charge in [-0.15, -0.1) is 0 Å². The normalized spacial score (nSPS) is 25.9. The molecule has 3 rings (SSSR count). The largest absolute Gasteiger partial charge is 0.422 e. The molecule has 5 N–H and O–H groups in total. The van der Waals surface area contributed by atoms with Crippen molar-refractivity contribution in [2.75, 3.05) is 6.61 Å². The van der Waals surface area contributed by atoms with E-state index in [0.29, 0.717) is 22.1 Å². The van der Waals surface area contributed by atoms with Crippen LogP contribution in [0.25, 0.3) is 0 Å². The fourth-order valence-corrected chi connectivity index (χ4v) is 4.59. The fraction of sp³-hybridized carbons (Fsp3) is 0.350. The molecule has 1 fully saturated rings. The number of pyridine rings is 1. The number of benzene rings is 1. The zero-order valence-corrected chi connectivity index (χ0v) is 19.0. The van der Waals surface area contributed by atoms with Crippen molar-refractivity contribution in [1.82, 2.24) is 4.98 Å². The molecule has 1 aromatic carbocycles. The van der Waals surface area contributed by atoms with Gasteiger partial charge in [0.1, 0.15) is 52.7 Å². The molecule has 0 amide bonds. The number of halogens is 6. The van der Waals surface area contributed by atoms with E-state index in [2.05, 4.69) is 15.1 Å². The summed E-state index contributed by atoms with van der Waals surface area (Å²) in [7, 11) is 0. The first-order chi connectivity index (χ1) is 16.5. The lowest BCUT2D eigenvalue weighted by atomic mass is 9.97. The molecule has 0 saturated carbocycles. The van der Waals surface area contributed by atoms with Crippen molar-refractivity contribution in [1.29, 1.82) is 0 Å². The van der Waals surface area contributed by atoms with Crippen LogP contribution in [0, 0.1) is 11.6 Å². The van der Waals surface area contributed by atoms with Crippen LogP contribution in [-0.4, -0.2) is 68.6 Å². The number of nitrogens with zero attached hydrogens (tertiary/aromatic N) is 3. The lowest BCUT2D eigenvalue weighted by Gasteiger charge is -2.40. The second-order valence-electron chi connectivity index (χ2n) is 7.26. The summed E-state index contributed by atoms with van der Waals surface area (Å²) in [5.74, 6) is 1.45. The maximum atomic E-state index is 14.0. The summed E-state index contributed by atoms with van der Waals surface area (Å²) in [5.41, 5.74) is -4.04. The maximum absolute atomic E-state index is 14.0. The van der Waals surface area contributed by atoms with E-state index in [1.165, 1.54) is 12.4 Å². The Bertz CT molecular complexity index is 1100. The first kappa shape index (κ1) is 27.2. The van der Waals surface area contributed by atoms with Gasteiger partial charge in [0.15, 0.2) is 0 Å². The molecule has 3 unspecified atom stereocenters. The topological polar surface area (TPSA) is 134 Å². The minimum atomic E-state index is -5.26. The molecule has 5 atom stereocenters. The van der Waals surface area contributed by atoms with Gasteiger partial charge in [-0.05, 0) is 18.2 Å². The lowest BCUT2D eigenvalue weighted by molar-refractivity contribution is -0.159. The Morgan fingerprint density at radius 3 is 2.37 bits per heavy atom. The molecule has 2 heterocycles. The van der Waals surface area contributed by atoms with Crippen LogP contribution in [0.1, 0.15) is 11.1 Å². The van der Waals surface area contributed by atoms with E-state index in [0.717, 1.165) is 18.0 Å². The number of thioether (sulfide) groups is 1. The lowest BCUT2D eigenvalue weighted by Crippen LogP contribution is -2.56. The Labute approximate surface area is 204 Å². The number of hydrazone groups is 1. The second kappa shape index (κ2) is 11.1. The van der Waals surface area contributed by atoms with Gasteiger partial charge in [0.05, 0.1) is 11.6 Å². The molecule has 1 aliphatic rings. The van der Waals surface area contributed by atoms with Crippen molar-refractivity contribution in [3.05, 3.63) is 58.4 Å². The molecule has 190 valence electrons. The number of nitrogens with two attached hydrogens (primary N) is 1. The van der Waals surface area contributed by atoms with Crippen molar-refractivity contribution < 1.29 is 42.0 Å². The summed E-state index contributed by atoms with van der Waals surface area (Å²) < 4.78 is 71.9. The third kappa shape index (κ3) is 6.26. The zero-order valence-electron chi connectivity index (χ0n) is 17.4. The van der Waals surface area contributed by atoms with Gasteiger partial charge >= 0.3 is 6.18 Å². The van der Waals surface area contributed by atoms with Gasteiger partial charge in [-0.2, -0.15) is 18.3 Å². The molecular formula is C20H18ClF5N4O4S. The SMILES string of the molecule is NN=C(C=NC1C(O)[C@@H](Sc2cncc(Cl)c2)OC(CO)[C@@H]1O)c1cc(F)c(C(F)(F)F)c(F)c1. The van der Waals surface area contributed by atoms with Crippen LogP contribution in [0.2, 0.25) is 5.02 Å². The third-order valence-electron chi connectivity index (χ3n) is 4.91. The van der Waals surface area contributed by atoms with Crippen molar-refractivity contribution in [3.63, 3.8) is 0 Å². The molecule has 1 aliphatic heterocycles. The molecule has 15 heteroatoms. The van der Waals surface area contributed by atoms with Crippen molar-refractivity contribution in [3.8, 4) is 0 Å². The molecule has 1 aromatic heterocycles. The number of aromatic nitrogens is 1. The fourth-order valence-electron chi connectivity index (χ4n) is 3.26. The van der Waals surface area contributed by atoms with E-state index < -0.39 is 71.0 Å². The predicted octanol–water partition coefficient (Wildman–Crippen LogP) is 2.37. The standard InChI is InChI=1S/C20H18ClF5N4O4S/c21-9-3-10(5-28-4-9)35-19-18(33)16(17(32)14(7-31)34-19)29-6-13(30-27)8-1-11(22)15(12(23)2-8)20(24,25)26/h1-6,14,16-19,31-33H,7,27H2/t14?,16?,17-,18?,19+/m0/s1. The Hall–Kier alpha value is -2.36. The third-order valence-corrected chi connectivity index (χ3v) is 6.23. The number of hydrogen-bond donors (Lipinski definition) is 4. The molecule has 0 aliphatic carbocycles. The number of alkyl halides is 3. The molecule has 35 heavy (non-hydrogen) atoms. The average Bonchev–Trinajstić information content (AvgIpc) is 2.76. The van der Waals surface area contributed by atoms with Crippen molar-refractivity contribution in [2.45, 2.75) is 40.9 Å². The van der Waals surface area contributed by atoms with Crippen LogP contribution in [0.5, 0.6) is 0 Å². The summed E-state index contributed by atoms with van der Waals surface area (Å²) >= 11 is 6.88. The van der Waals surface area contributed by atoms with E-state index in [4.69, 9.17) is 22.2 Å². The van der Waals surface area contributed by atoms with Crippen LogP contribution in [0.4, 0.5) is 22.0 Å². The van der Waals surface area contributed by atoms with Crippen molar-refractivity contribution in [2.24, 2.45) is 15.9 Å². The number of aliphatic imine (C=N–C) groups is 1. The summed E-state index contributed by atoms with van der Waals surface area (Å²) in [6.07, 6.45) is -5.78. The van der Waals surface area contributed by atoms with Crippen LogP contribution >= 0.6 is 23.4 Å². The summed E-state index contributed by atoms with van der Waals surface area (Å²) in [6.45, 7) is -0.641. The molecule has 8 nitrogen and oxygen atoms in total. The monoisotopic (exact) mass is 540 g/mol. The maximum Gasteiger partial charge on any atom is 0.422 e. The van der Waals surface area contributed by atoms with Crippen LogP contribution in [0.3, 0.4) is 0 Å². The number of aliphatic hydroxyl groups excluding tert-OH is 3. The van der Waals surface area contributed by atoms with E-state index in [1.807, 2.05) is 0 Å². The summed E-state index contributed by atoms with van der Waals surface area (Å²) in [5, 5.41) is 34.4. The van der Waals surface area contributed by atoms with Crippen molar-refractivity contribution >= 4 is 35.3 Å². The molecule has 0 spiro atoms. The highest BCUT2D eigenvalue weighted by Crippen LogP contribution is 2.36. The minimum absolute atomic E-state index is 0.313. The minimum Gasteiger partial charge on any atom is -0.394 e. The Kier molecular flexibility index (Phi) is 8.67. The summed E-state index contributed by atoms with van der Waals surface area (Å²) in [4.78, 5) is 8.39. The van der Waals surface area contributed by atoms with E-state index in [9.17, 15) is 37.3 Å². The number of rotatable bonds is 6. The average molecular weight is 541 g/mol. The Balaban J connectivity index is 1.88. The van der Waals surface area contributed by atoms with E-state index in [-0.39, 0.29) is 0 Å². The van der Waals surface area contributed by atoms with Gasteiger partial charge in [0.2, 0.25) is 0 Å². The van der Waals surface area contributed by atoms with Gasteiger partial charge < -0.3 is 25.9 Å². The quantitative estimate of drug-likeness (QED) is 0.191. The highest BCUT2D eigenvalue weighted by atomic mass is 35.5. The molecule has 0 radical (unpaired) electrons. The first-order valence-corrected chi connectivity index (χ1v) is 11.0. The van der Waals surface area contributed by atoms with Crippen LogP contribution in [0.15, 0.2) is 45.6 Å². The zero-order chi connectivity index (χ0) is 25.9. The van der Waals surface area contributed by atoms with E-state index >= 15 is 0 Å².